The molecule has 0 spiro atoms. The van der Waals surface area contributed by atoms with Crippen LogP contribution in [-0.4, -0.2) is 53.4 Å². The Labute approximate surface area is 185 Å². The zero-order valence-electron chi connectivity index (χ0n) is 17.3. The molecule has 1 saturated heterocycles. The fourth-order valence-corrected chi connectivity index (χ4v) is 3.69. The number of benzene rings is 1. The molecule has 0 radical (unpaired) electrons. The summed E-state index contributed by atoms with van der Waals surface area (Å²) < 4.78 is 8.04. The molecular weight excluding hydrogens is 465 g/mol. The lowest BCUT2D eigenvalue weighted by Crippen LogP contribution is -2.47. The molecule has 2 aromatic rings. The van der Waals surface area contributed by atoms with Crippen molar-refractivity contribution in [3.63, 3.8) is 0 Å². The number of aliphatic imine (C=N–C) groups is 1. The number of likely N-dealkylation sites (tertiary alicyclic amines) is 1. The van der Waals surface area contributed by atoms with Crippen molar-refractivity contribution in [2.24, 2.45) is 12.0 Å². The number of para-hydroxylation sites is 1. The smallest absolute Gasteiger partial charge is 0.193 e. The summed E-state index contributed by atoms with van der Waals surface area (Å²) in [4.78, 5) is 6.80. The van der Waals surface area contributed by atoms with Gasteiger partial charge in [0.2, 0.25) is 0 Å². The van der Waals surface area contributed by atoms with Gasteiger partial charge < -0.3 is 15.0 Å². The molecule has 6 nitrogen and oxygen atoms in total. The molecule has 0 atom stereocenters. The molecule has 3 rings (SSSR count). The van der Waals surface area contributed by atoms with Crippen LogP contribution in [-0.2, 0) is 13.5 Å². The average Bonchev–Trinajstić information content (AvgIpc) is 2.93. The first kappa shape index (κ1) is 22.5. The third-order valence-electron chi connectivity index (χ3n) is 5.32. The Kier molecular flexibility index (Phi) is 8.59. The zero-order chi connectivity index (χ0) is 19.2. The van der Waals surface area contributed by atoms with Crippen LogP contribution in [0.1, 0.15) is 29.8 Å². The Hall–Kier alpha value is -1.77. The van der Waals surface area contributed by atoms with Gasteiger partial charge in [-0.25, -0.2) is 0 Å². The topological polar surface area (TPSA) is 54.7 Å². The molecule has 2 heterocycles. The van der Waals surface area contributed by atoms with E-state index in [1.807, 2.05) is 49.1 Å². The summed E-state index contributed by atoms with van der Waals surface area (Å²) in [7, 11) is 3.86. The summed E-state index contributed by atoms with van der Waals surface area (Å²) in [6.45, 7) is 6.99. The molecule has 1 aliphatic heterocycles. The van der Waals surface area contributed by atoms with Gasteiger partial charge in [0.1, 0.15) is 11.9 Å². The first-order valence-corrected chi connectivity index (χ1v) is 9.75. The van der Waals surface area contributed by atoms with Crippen LogP contribution >= 0.6 is 24.0 Å². The molecule has 1 aromatic carbocycles. The Bertz CT molecular complexity index is 767. The van der Waals surface area contributed by atoms with Gasteiger partial charge in [-0.05, 0) is 38.0 Å². The second-order valence-electron chi connectivity index (χ2n) is 7.11. The number of hydrogen-bond acceptors (Lipinski definition) is 3. The van der Waals surface area contributed by atoms with E-state index in [1.54, 1.807) is 0 Å². The maximum absolute atomic E-state index is 6.09. The number of hydrogen-bond donors (Lipinski definition) is 1. The van der Waals surface area contributed by atoms with Gasteiger partial charge in [-0.2, -0.15) is 5.10 Å². The molecule has 7 heteroatoms. The lowest BCUT2D eigenvalue weighted by molar-refractivity contribution is 0.129. The standard InChI is InChI=1S/C21H31N5O.HI/c1-16-20(17(2)25(4)24-16)10-13-23-21(22-3)26-14-11-19(12-15-26)27-18-8-6-5-7-9-18;/h5-9,19H,10-15H2,1-4H3,(H,22,23);1H. The monoisotopic (exact) mass is 497 g/mol. The molecule has 0 unspecified atom stereocenters. The van der Waals surface area contributed by atoms with Crippen LogP contribution in [0.4, 0.5) is 0 Å². The third kappa shape index (κ3) is 5.62. The van der Waals surface area contributed by atoms with E-state index in [4.69, 9.17) is 4.74 Å². The quantitative estimate of drug-likeness (QED) is 0.392. The number of nitrogens with zero attached hydrogens (tertiary/aromatic N) is 4. The molecule has 1 fully saturated rings. The van der Waals surface area contributed by atoms with Gasteiger partial charge in [0.15, 0.2) is 5.96 Å². The molecule has 0 saturated carbocycles. The fraction of sp³-hybridized carbons (Fsp3) is 0.524. The number of halogens is 1. The summed E-state index contributed by atoms with van der Waals surface area (Å²) in [6.07, 6.45) is 3.26. The van der Waals surface area contributed by atoms with Crippen molar-refractivity contribution in [2.45, 2.75) is 39.2 Å². The highest BCUT2D eigenvalue weighted by Gasteiger charge is 2.22. The molecule has 28 heavy (non-hydrogen) atoms. The van der Waals surface area contributed by atoms with E-state index in [2.05, 4.69) is 34.2 Å². The van der Waals surface area contributed by atoms with E-state index >= 15 is 0 Å². The van der Waals surface area contributed by atoms with Gasteiger partial charge >= 0.3 is 0 Å². The van der Waals surface area contributed by atoms with Crippen molar-refractivity contribution in [3.05, 3.63) is 47.3 Å². The third-order valence-corrected chi connectivity index (χ3v) is 5.32. The van der Waals surface area contributed by atoms with E-state index in [9.17, 15) is 0 Å². The summed E-state index contributed by atoms with van der Waals surface area (Å²) in [5, 5.41) is 8.01. The molecule has 0 aliphatic carbocycles. The van der Waals surface area contributed by atoms with Crippen molar-refractivity contribution in [1.29, 1.82) is 0 Å². The first-order chi connectivity index (χ1) is 13.1. The minimum Gasteiger partial charge on any atom is -0.490 e. The number of ether oxygens (including phenoxy) is 1. The van der Waals surface area contributed by atoms with Crippen molar-refractivity contribution in [2.75, 3.05) is 26.7 Å². The largest absolute Gasteiger partial charge is 0.490 e. The van der Waals surface area contributed by atoms with Gasteiger partial charge in [0.05, 0.1) is 5.69 Å². The van der Waals surface area contributed by atoms with Gasteiger partial charge in [0.25, 0.3) is 0 Å². The molecule has 1 aliphatic rings. The highest BCUT2D eigenvalue weighted by Crippen LogP contribution is 2.18. The Morgan fingerprint density at radius 1 is 1.21 bits per heavy atom. The van der Waals surface area contributed by atoms with E-state index in [0.29, 0.717) is 0 Å². The number of nitrogens with one attached hydrogen (secondary N) is 1. The van der Waals surface area contributed by atoms with Gasteiger partial charge in [0, 0.05) is 52.3 Å². The number of aromatic nitrogens is 2. The molecule has 0 bridgehead atoms. The predicted molar refractivity (Wildman–Crippen MR) is 125 cm³/mol. The molecule has 1 N–H and O–H groups in total. The normalized spacial score (nSPS) is 15.3. The van der Waals surface area contributed by atoms with Crippen molar-refractivity contribution >= 4 is 29.9 Å². The van der Waals surface area contributed by atoms with E-state index in [1.165, 1.54) is 11.3 Å². The molecule has 154 valence electrons. The minimum atomic E-state index is 0. The number of piperidine rings is 1. The number of aryl methyl sites for hydroxylation is 2. The van der Waals surface area contributed by atoms with Crippen LogP contribution in [0.5, 0.6) is 5.75 Å². The summed E-state index contributed by atoms with van der Waals surface area (Å²) in [5.41, 5.74) is 3.68. The van der Waals surface area contributed by atoms with Crippen LogP contribution in [0.3, 0.4) is 0 Å². The van der Waals surface area contributed by atoms with Gasteiger partial charge in [-0.1, -0.05) is 18.2 Å². The summed E-state index contributed by atoms with van der Waals surface area (Å²) >= 11 is 0. The van der Waals surface area contributed by atoms with E-state index in [0.717, 1.165) is 56.3 Å². The zero-order valence-corrected chi connectivity index (χ0v) is 19.6. The maximum atomic E-state index is 6.09. The lowest BCUT2D eigenvalue weighted by Gasteiger charge is -2.34. The van der Waals surface area contributed by atoms with Crippen LogP contribution in [0.2, 0.25) is 0 Å². The predicted octanol–water partition coefficient (Wildman–Crippen LogP) is 3.32. The van der Waals surface area contributed by atoms with Crippen LogP contribution in [0, 0.1) is 13.8 Å². The Morgan fingerprint density at radius 2 is 1.89 bits per heavy atom. The van der Waals surface area contributed by atoms with Crippen LogP contribution in [0.15, 0.2) is 35.3 Å². The van der Waals surface area contributed by atoms with Crippen molar-refractivity contribution < 1.29 is 4.74 Å². The highest BCUT2D eigenvalue weighted by molar-refractivity contribution is 14.0. The molecule has 0 amide bonds. The summed E-state index contributed by atoms with van der Waals surface area (Å²) in [6, 6.07) is 10.1. The number of rotatable bonds is 5. The van der Waals surface area contributed by atoms with Gasteiger partial charge in [-0.3, -0.25) is 9.67 Å². The van der Waals surface area contributed by atoms with Crippen LogP contribution < -0.4 is 10.1 Å². The van der Waals surface area contributed by atoms with E-state index < -0.39 is 0 Å². The second kappa shape index (κ2) is 10.7. The SMILES string of the molecule is CN=C(NCCc1c(C)nn(C)c1C)N1CCC(Oc2ccccc2)CC1.I. The molecule has 1 aromatic heterocycles. The lowest BCUT2D eigenvalue weighted by atomic mass is 10.1. The summed E-state index contributed by atoms with van der Waals surface area (Å²) in [5.74, 6) is 1.94. The fourth-order valence-electron chi connectivity index (χ4n) is 3.69. The van der Waals surface area contributed by atoms with E-state index in [-0.39, 0.29) is 30.1 Å². The Morgan fingerprint density at radius 3 is 2.46 bits per heavy atom. The average molecular weight is 497 g/mol. The maximum Gasteiger partial charge on any atom is 0.193 e. The first-order valence-electron chi connectivity index (χ1n) is 9.75. The van der Waals surface area contributed by atoms with Crippen molar-refractivity contribution in [3.8, 4) is 5.75 Å². The van der Waals surface area contributed by atoms with Crippen molar-refractivity contribution in [1.82, 2.24) is 20.0 Å². The Balaban J connectivity index is 0.00000280. The van der Waals surface area contributed by atoms with Gasteiger partial charge in [-0.15, -0.1) is 24.0 Å². The second-order valence-corrected chi connectivity index (χ2v) is 7.11. The number of guanidine groups is 1. The highest BCUT2D eigenvalue weighted by atomic mass is 127. The van der Waals surface area contributed by atoms with Crippen LogP contribution in [0.25, 0.3) is 0 Å². The minimum absolute atomic E-state index is 0. The molecular formula is C21H32IN5O.